The molecule has 2 rings (SSSR count). The SMILES string of the molecule is CCC(=C\CNC)/C1=C/n2ncnc2/C=C\CC1. The van der Waals surface area contributed by atoms with Crippen molar-refractivity contribution in [3.05, 3.63) is 35.4 Å². The van der Waals surface area contributed by atoms with E-state index in [2.05, 4.69) is 40.7 Å². The molecule has 0 bridgehead atoms. The van der Waals surface area contributed by atoms with Gasteiger partial charge in [-0.1, -0.05) is 19.1 Å². The Balaban J connectivity index is 2.31. The van der Waals surface area contributed by atoms with E-state index in [1.165, 1.54) is 11.1 Å². The van der Waals surface area contributed by atoms with Crippen LogP contribution in [0.1, 0.15) is 32.0 Å². The first-order chi connectivity index (χ1) is 8.85. The fourth-order valence-electron chi connectivity index (χ4n) is 2.09. The van der Waals surface area contributed by atoms with Crippen LogP contribution in [0.2, 0.25) is 0 Å². The minimum atomic E-state index is 0.899. The van der Waals surface area contributed by atoms with E-state index < -0.39 is 0 Å². The Morgan fingerprint density at radius 1 is 1.56 bits per heavy atom. The Hall–Kier alpha value is -1.68. The van der Waals surface area contributed by atoms with E-state index >= 15 is 0 Å². The number of nitrogens with one attached hydrogen (secondary N) is 1. The van der Waals surface area contributed by atoms with Gasteiger partial charge in [-0.05, 0) is 43.5 Å². The first-order valence-corrected chi connectivity index (χ1v) is 6.46. The summed E-state index contributed by atoms with van der Waals surface area (Å²) in [6, 6.07) is 0. The number of allylic oxidation sites excluding steroid dienone is 3. The average Bonchev–Trinajstić information content (AvgIpc) is 2.78. The molecule has 18 heavy (non-hydrogen) atoms. The van der Waals surface area contributed by atoms with Crippen LogP contribution in [0.5, 0.6) is 0 Å². The number of hydrogen-bond acceptors (Lipinski definition) is 3. The second-order valence-corrected chi connectivity index (χ2v) is 4.30. The molecule has 1 N–H and O–H groups in total. The lowest BCUT2D eigenvalue weighted by molar-refractivity contribution is 0.866. The fraction of sp³-hybridized carbons (Fsp3) is 0.429. The molecular weight excluding hydrogens is 224 g/mol. The summed E-state index contributed by atoms with van der Waals surface area (Å²) in [5.41, 5.74) is 2.74. The lowest BCUT2D eigenvalue weighted by atomic mass is 9.98. The van der Waals surface area contributed by atoms with Gasteiger partial charge in [0.1, 0.15) is 6.33 Å². The first kappa shape index (κ1) is 12.8. The maximum absolute atomic E-state index is 4.24. The van der Waals surface area contributed by atoms with Gasteiger partial charge in [-0.25, -0.2) is 9.67 Å². The molecule has 0 saturated carbocycles. The standard InChI is InChI=1S/C14H20N4/c1-3-12(8-9-15-2)13-6-4-5-7-14-16-11-17-18(14)10-13/h5,7-8,10-11,15H,3-4,6,9H2,1-2H3/b7-5-,12-8+,13-10+. The van der Waals surface area contributed by atoms with Crippen LogP contribution < -0.4 is 5.32 Å². The van der Waals surface area contributed by atoms with Gasteiger partial charge in [-0.3, -0.25) is 0 Å². The van der Waals surface area contributed by atoms with Crippen LogP contribution in [0.25, 0.3) is 12.3 Å². The van der Waals surface area contributed by atoms with Gasteiger partial charge < -0.3 is 5.32 Å². The van der Waals surface area contributed by atoms with E-state index in [0.29, 0.717) is 0 Å². The number of aromatic nitrogens is 3. The first-order valence-electron chi connectivity index (χ1n) is 6.46. The lowest BCUT2D eigenvalue weighted by Gasteiger charge is -2.12. The summed E-state index contributed by atoms with van der Waals surface area (Å²) in [5, 5.41) is 7.40. The van der Waals surface area contributed by atoms with E-state index in [9.17, 15) is 0 Å². The fourth-order valence-corrected chi connectivity index (χ4v) is 2.09. The number of rotatable bonds is 4. The molecule has 0 fully saturated rings. The Labute approximate surface area is 108 Å². The van der Waals surface area contributed by atoms with E-state index in [0.717, 1.165) is 31.6 Å². The number of likely N-dealkylation sites (N-methyl/N-ethyl adjacent to an activating group) is 1. The van der Waals surface area contributed by atoms with Crippen molar-refractivity contribution in [2.45, 2.75) is 26.2 Å². The Bertz CT molecular complexity index is 480. The van der Waals surface area contributed by atoms with Crippen LogP contribution in [0.3, 0.4) is 0 Å². The second-order valence-electron chi connectivity index (χ2n) is 4.30. The maximum atomic E-state index is 4.24. The van der Waals surface area contributed by atoms with Gasteiger partial charge in [0.05, 0.1) is 0 Å². The van der Waals surface area contributed by atoms with Crippen molar-refractivity contribution in [3.63, 3.8) is 0 Å². The van der Waals surface area contributed by atoms with Crippen LogP contribution >= 0.6 is 0 Å². The second kappa shape index (κ2) is 6.31. The highest BCUT2D eigenvalue weighted by Crippen LogP contribution is 2.22. The molecule has 1 aromatic rings. The summed E-state index contributed by atoms with van der Waals surface area (Å²) >= 11 is 0. The average molecular weight is 244 g/mol. The lowest BCUT2D eigenvalue weighted by Crippen LogP contribution is -2.06. The van der Waals surface area contributed by atoms with Crippen molar-refractivity contribution in [1.82, 2.24) is 20.1 Å². The molecule has 0 aliphatic carbocycles. The summed E-state index contributed by atoms with van der Waals surface area (Å²) in [6.45, 7) is 3.10. The van der Waals surface area contributed by atoms with E-state index in [4.69, 9.17) is 0 Å². The van der Waals surface area contributed by atoms with Crippen molar-refractivity contribution in [3.8, 4) is 0 Å². The molecule has 96 valence electrons. The normalized spacial score (nSPS) is 20.6. The van der Waals surface area contributed by atoms with Crippen molar-refractivity contribution < 1.29 is 0 Å². The molecule has 0 amide bonds. The van der Waals surface area contributed by atoms with E-state index in [1.807, 2.05) is 17.8 Å². The summed E-state index contributed by atoms with van der Waals surface area (Å²) in [6.07, 6.45) is 13.3. The van der Waals surface area contributed by atoms with E-state index in [1.54, 1.807) is 6.33 Å². The Kier molecular flexibility index (Phi) is 4.47. The summed E-state index contributed by atoms with van der Waals surface area (Å²) < 4.78 is 1.86. The largest absolute Gasteiger partial charge is 0.316 e. The van der Waals surface area contributed by atoms with Crippen molar-refractivity contribution >= 4 is 12.3 Å². The summed E-state index contributed by atoms with van der Waals surface area (Å²) in [4.78, 5) is 4.23. The van der Waals surface area contributed by atoms with Crippen LogP contribution in [-0.4, -0.2) is 28.4 Å². The molecule has 0 atom stereocenters. The highest BCUT2D eigenvalue weighted by Gasteiger charge is 2.07. The van der Waals surface area contributed by atoms with Gasteiger partial charge in [0.2, 0.25) is 0 Å². The number of fused-ring (bicyclic) bond motifs is 1. The molecule has 0 radical (unpaired) electrons. The third-order valence-corrected chi connectivity index (χ3v) is 3.07. The van der Waals surface area contributed by atoms with Gasteiger partial charge >= 0.3 is 0 Å². The molecule has 1 aromatic heterocycles. The number of nitrogens with zero attached hydrogens (tertiary/aromatic N) is 3. The minimum Gasteiger partial charge on any atom is -0.316 e. The predicted molar refractivity (Wildman–Crippen MR) is 74.9 cm³/mol. The molecule has 4 nitrogen and oxygen atoms in total. The van der Waals surface area contributed by atoms with Gasteiger partial charge in [0.15, 0.2) is 5.82 Å². The highest BCUT2D eigenvalue weighted by molar-refractivity contribution is 5.51. The van der Waals surface area contributed by atoms with Crippen LogP contribution in [0.15, 0.2) is 29.6 Å². The molecule has 1 aliphatic heterocycles. The topological polar surface area (TPSA) is 42.7 Å². The third-order valence-electron chi connectivity index (χ3n) is 3.07. The molecule has 0 saturated heterocycles. The summed E-state index contributed by atoms with van der Waals surface area (Å²) in [5.74, 6) is 0.899. The maximum Gasteiger partial charge on any atom is 0.154 e. The molecule has 0 spiro atoms. The molecule has 0 aromatic carbocycles. The molecule has 4 heteroatoms. The Morgan fingerprint density at radius 2 is 2.44 bits per heavy atom. The van der Waals surface area contributed by atoms with Crippen LogP contribution in [0.4, 0.5) is 0 Å². The zero-order valence-electron chi connectivity index (χ0n) is 11.1. The Morgan fingerprint density at radius 3 is 3.22 bits per heavy atom. The van der Waals surface area contributed by atoms with Crippen molar-refractivity contribution in [1.29, 1.82) is 0 Å². The monoisotopic (exact) mass is 244 g/mol. The quantitative estimate of drug-likeness (QED) is 0.884. The van der Waals surface area contributed by atoms with Gasteiger partial charge in [-0.15, -0.1) is 0 Å². The predicted octanol–water partition coefficient (Wildman–Crippen LogP) is 2.48. The van der Waals surface area contributed by atoms with Gasteiger partial charge in [0.25, 0.3) is 0 Å². The van der Waals surface area contributed by atoms with Crippen molar-refractivity contribution in [2.24, 2.45) is 0 Å². The van der Waals surface area contributed by atoms with Crippen LogP contribution in [0, 0.1) is 0 Å². The van der Waals surface area contributed by atoms with Crippen LogP contribution in [-0.2, 0) is 0 Å². The zero-order chi connectivity index (χ0) is 12.8. The van der Waals surface area contributed by atoms with Gasteiger partial charge in [0, 0.05) is 12.7 Å². The third kappa shape index (κ3) is 2.96. The molecule has 1 aliphatic rings. The summed E-state index contributed by atoms with van der Waals surface area (Å²) in [7, 11) is 1.97. The highest BCUT2D eigenvalue weighted by atomic mass is 15.3. The van der Waals surface area contributed by atoms with Crippen molar-refractivity contribution in [2.75, 3.05) is 13.6 Å². The zero-order valence-corrected chi connectivity index (χ0v) is 11.1. The number of hydrogen-bond donors (Lipinski definition) is 1. The molecule has 2 heterocycles. The minimum absolute atomic E-state index is 0.899. The van der Waals surface area contributed by atoms with E-state index in [-0.39, 0.29) is 0 Å². The van der Waals surface area contributed by atoms with Gasteiger partial charge in [-0.2, -0.15) is 5.10 Å². The smallest absolute Gasteiger partial charge is 0.154 e. The molecular formula is C14H20N4. The molecule has 0 unspecified atom stereocenters.